The summed E-state index contributed by atoms with van der Waals surface area (Å²) in [5.74, 6) is -2.16. The minimum absolute atomic E-state index is 0.00497. The van der Waals surface area contributed by atoms with Crippen LogP contribution in [0.2, 0.25) is 15.1 Å². The highest BCUT2D eigenvalue weighted by molar-refractivity contribution is 7.22. The quantitative estimate of drug-likeness (QED) is 0.159. The van der Waals surface area contributed by atoms with E-state index in [1.807, 2.05) is 13.0 Å². The van der Waals surface area contributed by atoms with Gasteiger partial charge >= 0.3 is 5.91 Å². The van der Waals surface area contributed by atoms with Crippen molar-refractivity contribution in [2.24, 2.45) is 0 Å². The maximum Gasteiger partial charge on any atom is 0.301 e. The third kappa shape index (κ3) is 4.16. The fraction of sp³-hybridized carbons (Fsp3) is 0.154. The molecule has 1 aliphatic rings. The molecule has 0 aliphatic carbocycles. The minimum Gasteiger partial charge on any atom is -0.507 e. The highest BCUT2D eigenvalue weighted by atomic mass is 35.5. The number of methoxy groups -OCH3 is 2. The zero-order valence-electron chi connectivity index (χ0n) is 20.1. The zero-order valence-corrected chi connectivity index (χ0v) is 23.2. The number of rotatable bonds is 5. The van der Waals surface area contributed by atoms with Crippen molar-refractivity contribution >= 4 is 78.9 Å². The number of ketones is 1. The van der Waals surface area contributed by atoms with Crippen LogP contribution in [0, 0.1) is 6.92 Å². The number of nitrogens with zero attached hydrogens (tertiary/aromatic N) is 3. The number of aliphatic hydroxyl groups excluding tert-OH is 1. The lowest BCUT2D eigenvalue weighted by molar-refractivity contribution is -0.132. The average Bonchev–Trinajstić information content (AvgIpc) is 3.41. The summed E-state index contributed by atoms with van der Waals surface area (Å²) in [5, 5.41) is 12.4. The van der Waals surface area contributed by atoms with Crippen LogP contribution < -0.4 is 14.4 Å². The van der Waals surface area contributed by atoms with Crippen molar-refractivity contribution in [3.8, 4) is 11.5 Å². The molecule has 1 saturated heterocycles. The van der Waals surface area contributed by atoms with Crippen molar-refractivity contribution in [3.05, 3.63) is 80.1 Å². The Morgan fingerprint density at radius 1 is 1.08 bits per heavy atom. The molecule has 1 amide bonds. The Balaban J connectivity index is 1.77. The van der Waals surface area contributed by atoms with E-state index in [4.69, 9.17) is 44.3 Å². The minimum atomic E-state index is -1.05. The summed E-state index contributed by atoms with van der Waals surface area (Å²) < 4.78 is 11.4. The van der Waals surface area contributed by atoms with Gasteiger partial charge in [0.1, 0.15) is 10.8 Å². The van der Waals surface area contributed by atoms with Gasteiger partial charge in [-0.3, -0.25) is 19.5 Å². The number of aryl methyl sites for hydroxylation is 1. The van der Waals surface area contributed by atoms with E-state index in [-0.39, 0.29) is 37.8 Å². The van der Waals surface area contributed by atoms with Gasteiger partial charge in [-0.2, -0.15) is 0 Å². The molecule has 0 saturated carbocycles. The number of ether oxygens (including phenoxy) is 2. The summed E-state index contributed by atoms with van der Waals surface area (Å²) in [4.78, 5) is 37.0. The van der Waals surface area contributed by atoms with E-state index in [0.29, 0.717) is 16.1 Å². The van der Waals surface area contributed by atoms with Gasteiger partial charge in [-0.25, -0.2) is 4.98 Å². The highest BCUT2D eigenvalue weighted by Crippen LogP contribution is 2.48. The van der Waals surface area contributed by atoms with Crippen molar-refractivity contribution < 1.29 is 24.2 Å². The third-order valence-electron chi connectivity index (χ3n) is 6.10. The van der Waals surface area contributed by atoms with E-state index in [9.17, 15) is 14.7 Å². The molecule has 38 heavy (non-hydrogen) atoms. The number of halogens is 3. The highest BCUT2D eigenvalue weighted by Gasteiger charge is 2.48. The number of benzene rings is 2. The second-order valence-electron chi connectivity index (χ2n) is 8.31. The van der Waals surface area contributed by atoms with Gasteiger partial charge < -0.3 is 14.6 Å². The molecule has 2 aromatic heterocycles. The largest absolute Gasteiger partial charge is 0.507 e. The molecule has 1 N–H and O–H groups in total. The van der Waals surface area contributed by atoms with Crippen LogP contribution in [0.1, 0.15) is 22.7 Å². The van der Waals surface area contributed by atoms with E-state index in [2.05, 4.69) is 9.97 Å². The van der Waals surface area contributed by atoms with Gasteiger partial charge in [-0.05, 0) is 42.3 Å². The topological polar surface area (TPSA) is 102 Å². The van der Waals surface area contributed by atoms with Gasteiger partial charge in [0.25, 0.3) is 5.78 Å². The number of hydrogen-bond donors (Lipinski definition) is 1. The Morgan fingerprint density at radius 3 is 2.47 bits per heavy atom. The van der Waals surface area contributed by atoms with Crippen molar-refractivity contribution in [2.75, 3.05) is 19.1 Å². The first kappa shape index (κ1) is 26.2. The number of Topliss-reactive ketones (excluding diaryl/α,β-unsaturated/α-hetero) is 1. The standard InChI is InChI=1S/C26H18Cl3N3O5S/c1-11-7-17-16(9-14(11)27)31-26(38-17)32-20(12-5-4-6-30-10-12)18(22(34)25(32)35)21(33)13-8-15(28)24(37-3)19(29)23(13)36-2/h4-10,20,33H,1-3H3/b21-18+. The number of anilines is 1. The lowest BCUT2D eigenvalue weighted by atomic mass is 9.96. The molecule has 1 aliphatic heterocycles. The molecule has 2 aromatic carbocycles. The molecule has 194 valence electrons. The van der Waals surface area contributed by atoms with Gasteiger partial charge in [-0.15, -0.1) is 0 Å². The Labute approximate surface area is 236 Å². The van der Waals surface area contributed by atoms with E-state index in [0.717, 1.165) is 10.3 Å². The third-order valence-corrected chi connectivity index (χ3v) is 8.15. The van der Waals surface area contributed by atoms with Crippen LogP contribution in [0.25, 0.3) is 16.0 Å². The summed E-state index contributed by atoms with van der Waals surface area (Å²) in [5.41, 5.74) is 1.71. The van der Waals surface area contributed by atoms with Gasteiger partial charge in [0.2, 0.25) is 0 Å². The molecule has 1 atom stereocenters. The summed E-state index contributed by atoms with van der Waals surface area (Å²) in [6, 6.07) is 7.23. The Bertz CT molecular complexity index is 1620. The van der Waals surface area contributed by atoms with Crippen molar-refractivity contribution in [2.45, 2.75) is 13.0 Å². The van der Waals surface area contributed by atoms with Gasteiger partial charge in [0.05, 0.1) is 46.6 Å². The van der Waals surface area contributed by atoms with Crippen molar-refractivity contribution in [1.82, 2.24) is 9.97 Å². The maximum atomic E-state index is 13.5. The summed E-state index contributed by atoms with van der Waals surface area (Å²) >= 11 is 20.3. The molecule has 1 unspecified atom stereocenters. The summed E-state index contributed by atoms with van der Waals surface area (Å²) in [7, 11) is 2.73. The smallest absolute Gasteiger partial charge is 0.301 e. The second kappa shape index (κ2) is 10.1. The Kier molecular flexibility index (Phi) is 6.96. The molecule has 3 heterocycles. The first-order valence-corrected chi connectivity index (χ1v) is 13.0. The first-order chi connectivity index (χ1) is 18.2. The second-order valence-corrected chi connectivity index (χ2v) is 10.5. The van der Waals surface area contributed by atoms with Gasteiger partial charge in [-0.1, -0.05) is 52.2 Å². The summed E-state index contributed by atoms with van der Waals surface area (Å²) in [6.07, 6.45) is 3.07. The van der Waals surface area contributed by atoms with Crippen LogP contribution >= 0.6 is 46.1 Å². The van der Waals surface area contributed by atoms with E-state index in [1.54, 1.807) is 24.4 Å². The van der Waals surface area contributed by atoms with Crippen LogP contribution in [0.3, 0.4) is 0 Å². The number of aromatic nitrogens is 2. The number of fused-ring (bicyclic) bond motifs is 1. The molecular formula is C26H18Cl3N3O5S. The molecule has 8 nitrogen and oxygen atoms in total. The monoisotopic (exact) mass is 589 g/mol. The average molecular weight is 591 g/mol. The van der Waals surface area contributed by atoms with Gasteiger partial charge in [0.15, 0.2) is 16.6 Å². The molecule has 0 spiro atoms. The molecule has 1 fully saturated rings. The van der Waals surface area contributed by atoms with Crippen LogP contribution in [-0.4, -0.2) is 41.0 Å². The number of hydrogen-bond acceptors (Lipinski definition) is 8. The van der Waals surface area contributed by atoms with E-state index < -0.39 is 23.5 Å². The zero-order chi connectivity index (χ0) is 27.3. The predicted molar refractivity (Wildman–Crippen MR) is 148 cm³/mol. The van der Waals surface area contributed by atoms with Gasteiger partial charge in [0, 0.05) is 17.4 Å². The number of carbonyl (C=O) groups is 2. The molecule has 0 radical (unpaired) electrons. The normalized spacial score (nSPS) is 16.9. The Hall–Kier alpha value is -3.37. The fourth-order valence-corrected chi connectivity index (χ4v) is 6.23. The molecule has 12 heteroatoms. The first-order valence-electron chi connectivity index (χ1n) is 11.1. The number of amides is 1. The molecular weight excluding hydrogens is 573 g/mol. The lowest BCUT2D eigenvalue weighted by Gasteiger charge is -2.23. The van der Waals surface area contributed by atoms with Crippen molar-refractivity contribution in [1.29, 1.82) is 0 Å². The molecule has 0 bridgehead atoms. The van der Waals surface area contributed by atoms with Crippen LogP contribution in [0.4, 0.5) is 5.13 Å². The number of pyridine rings is 1. The number of carbonyl (C=O) groups excluding carboxylic acids is 2. The lowest BCUT2D eigenvalue weighted by Crippen LogP contribution is -2.29. The van der Waals surface area contributed by atoms with Crippen LogP contribution in [0.15, 0.2) is 48.3 Å². The summed E-state index contributed by atoms with van der Waals surface area (Å²) in [6.45, 7) is 1.86. The van der Waals surface area contributed by atoms with Crippen LogP contribution in [0.5, 0.6) is 11.5 Å². The Morgan fingerprint density at radius 2 is 1.82 bits per heavy atom. The predicted octanol–water partition coefficient (Wildman–Crippen LogP) is 6.60. The molecule has 5 rings (SSSR count). The number of thiazole rings is 1. The van der Waals surface area contributed by atoms with Crippen molar-refractivity contribution in [3.63, 3.8) is 0 Å². The fourth-order valence-electron chi connectivity index (χ4n) is 4.32. The van der Waals surface area contributed by atoms with E-state index in [1.165, 1.54) is 42.7 Å². The maximum absolute atomic E-state index is 13.5. The SMILES string of the molecule is COc1c(Cl)cc(/C(O)=C2\C(=O)C(=O)N(c3nc4cc(Cl)c(C)cc4s3)C2c2cccnc2)c(OC)c1Cl. The van der Waals surface area contributed by atoms with E-state index >= 15 is 0 Å². The number of aliphatic hydroxyl groups is 1. The molecule has 4 aromatic rings. The van der Waals surface area contributed by atoms with Crippen LogP contribution in [-0.2, 0) is 9.59 Å².